The van der Waals surface area contributed by atoms with Crippen LogP contribution >= 0.6 is 0 Å². The first-order valence-electron chi connectivity index (χ1n) is 6.45. The number of imide groups is 2. The van der Waals surface area contributed by atoms with Crippen LogP contribution in [0.1, 0.15) is 26.2 Å². The van der Waals surface area contributed by atoms with E-state index in [9.17, 15) is 24.0 Å². The van der Waals surface area contributed by atoms with Crippen LogP contribution in [0.25, 0.3) is 0 Å². The molecule has 0 radical (unpaired) electrons. The van der Waals surface area contributed by atoms with Crippen LogP contribution in [-0.2, 0) is 19.2 Å². The van der Waals surface area contributed by atoms with Crippen LogP contribution in [-0.4, -0.2) is 64.3 Å². The van der Waals surface area contributed by atoms with Crippen molar-refractivity contribution >= 4 is 29.7 Å². The Morgan fingerprint density at radius 3 is 2.29 bits per heavy atom. The van der Waals surface area contributed by atoms with E-state index in [1.165, 1.54) is 0 Å². The highest BCUT2D eigenvalue weighted by atomic mass is 16.4. The fourth-order valence-corrected chi connectivity index (χ4v) is 1.80. The third-order valence-electron chi connectivity index (χ3n) is 3.03. The number of unbranched alkanes of at least 4 members (excludes halogenated alkanes) is 1. The number of amides is 5. The van der Waals surface area contributed by atoms with Crippen LogP contribution in [0, 0.1) is 0 Å². The predicted octanol–water partition coefficient (Wildman–Crippen LogP) is -0.833. The average molecular weight is 299 g/mol. The largest absolute Gasteiger partial charge is 0.480 e. The quantitative estimate of drug-likeness (QED) is 0.467. The van der Waals surface area contributed by atoms with Gasteiger partial charge in [-0.15, -0.1) is 0 Å². The molecule has 9 nitrogen and oxygen atoms in total. The second kappa shape index (κ2) is 6.82. The molecule has 0 bridgehead atoms. The lowest BCUT2D eigenvalue weighted by molar-refractivity contribution is -0.144. The highest BCUT2D eigenvalue weighted by molar-refractivity contribution is 6.44. The van der Waals surface area contributed by atoms with Crippen molar-refractivity contribution in [2.24, 2.45) is 0 Å². The minimum absolute atomic E-state index is 0.248. The number of carboxylic acids is 1. The summed E-state index contributed by atoms with van der Waals surface area (Å²) in [4.78, 5) is 58.1. The van der Waals surface area contributed by atoms with Crippen molar-refractivity contribution < 1.29 is 29.1 Å². The van der Waals surface area contributed by atoms with E-state index in [2.05, 4.69) is 5.32 Å². The Labute approximate surface area is 120 Å². The highest BCUT2D eigenvalue weighted by Crippen LogP contribution is 2.09. The van der Waals surface area contributed by atoms with Gasteiger partial charge in [0.1, 0.15) is 12.6 Å². The summed E-state index contributed by atoms with van der Waals surface area (Å²) >= 11 is 0. The fraction of sp³-hybridized carbons (Fsp3) is 0.583. The maximum Gasteiger partial charge on any atom is 0.334 e. The van der Waals surface area contributed by atoms with Crippen molar-refractivity contribution in [2.45, 2.75) is 32.2 Å². The third-order valence-corrected chi connectivity index (χ3v) is 3.03. The van der Waals surface area contributed by atoms with Crippen LogP contribution in [0.4, 0.5) is 4.79 Å². The summed E-state index contributed by atoms with van der Waals surface area (Å²) in [6.07, 6.45) is 1.63. The Morgan fingerprint density at radius 2 is 1.86 bits per heavy atom. The number of rotatable bonds is 7. The van der Waals surface area contributed by atoms with E-state index in [4.69, 9.17) is 5.11 Å². The minimum Gasteiger partial charge on any atom is -0.480 e. The van der Waals surface area contributed by atoms with Gasteiger partial charge in [0.2, 0.25) is 5.91 Å². The van der Waals surface area contributed by atoms with E-state index in [0.717, 1.165) is 13.5 Å². The first kappa shape index (κ1) is 16.6. The molecule has 2 N–H and O–H groups in total. The van der Waals surface area contributed by atoms with Gasteiger partial charge in [-0.2, -0.15) is 0 Å². The highest BCUT2D eigenvalue weighted by Gasteiger charge is 2.43. The molecule has 1 aliphatic rings. The van der Waals surface area contributed by atoms with Crippen LogP contribution in [0.2, 0.25) is 0 Å². The van der Waals surface area contributed by atoms with Crippen LogP contribution in [0.5, 0.6) is 0 Å². The van der Waals surface area contributed by atoms with Gasteiger partial charge in [0.25, 0.3) is 0 Å². The Hall–Kier alpha value is -2.45. The number of carbonyl (C=O) groups excluding carboxylic acids is 4. The van der Waals surface area contributed by atoms with Gasteiger partial charge in [0.05, 0.1) is 0 Å². The molecule has 1 saturated heterocycles. The van der Waals surface area contributed by atoms with E-state index < -0.39 is 42.3 Å². The zero-order valence-corrected chi connectivity index (χ0v) is 11.8. The zero-order chi connectivity index (χ0) is 16.2. The number of aliphatic carboxylic acids is 1. The van der Waals surface area contributed by atoms with Crippen molar-refractivity contribution in [1.82, 2.24) is 15.1 Å². The second-order valence-electron chi connectivity index (χ2n) is 4.64. The van der Waals surface area contributed by atoms with Crippen LogP contribution in [0.3, 0.4) is 0 Å². The predicted molar refractivity (Wildman–Crippen MR) is 69.0 cm³/mol. The topological polar surface area (TPSA) is 124 Å². The van der Waals surface area contributed by atoms with Crippen molar-refractivity contribution in [2.75, 3.05) is 13.6 Å². The number of nitrogens with one attached hydrogen (secondary N) is 1. The van der Waals surface area contributed by atoms with Crippen LogP contribution < -0.4 is 5.32 Å². The first-order chi connectivity index (χ1) is 9.79. The number of likely N-dealkylation sites (N-methyl/N-ethyl adjacent to an activating group) is 1. The number of carboxylic acid groups (broad SMARTS) is 1. The van der Waals surface area contributed by atoms with E-state index in [0.29, 0.717) is 16.2 Å². The normalized spacial score (nSPS) is 16.4. The number of hydrogen-bond donors (Lipinski definition) is 2. The van der Waals surface area contributed by atoms with Gasteiger partial charge in [-0.1, -0.05) is 19.8 Å². The monoisotopic (exact) mass is 299 g/mol. The van der Waals surface area contributed by atoms with E-state index in [-0.39, 0.29) is 6.42 Å². The maximum atomic E-state index is 11.7. The zero-order valence-electron chi connectivity index (χ0n) is 11.8. The van der Waals surface area contributed by atoms with Crippen LogP contribution in [0.15, 0.2) is 0 Å². The summed E-state index contributed by atoms with van der Waals surface area (Å²) in [5.41, 5.74) is 0. The van der Waals surface area contributed by atoms with Gasteiger partial charge in [-0.05, 0) is 6.42 Å². The van der Waals surface area contributed by atoms with Gasteiger partial charge in [-0.25, -0.2) is 14.5 Å². The molecule has 1 fully saturated rings. The molecule has 0 aromatic carbocycles. The summed E-state index contributed by atoms with van der Waals surface area (Å²) in [6.45, 7) is 1.20. The Balaban J connectivity index is 2.64. The molecule has 0 spiro atoms. The molecule has 1 atom stereocenters. The van der Waals surface area contributed by atoms with Gasteiger partial charge >= 0.3 is 23.8 Å². The number of urea groups is 1. The SMILES string of the molecule is CCCCC(NC(=O)CN1C(=O)C(=O)N(C)C1=O)C(=O)O. The van der Waals surface area contributed by atoms with E-state index >= 15 is 0 Å². The summed E-state index contributed by atoms with van der Waals surface area (Å²) < 4.78 is 0. The maximum absolute atomic E-state index is 11.7. The standard InChI is InChI=1S/C12H17N3O6/c1-3-4-5-7(11(19)20)13-8(16)6-15-10(18)9(17)14(2)12(15)21/h7H,3-6H2,1-2H3,(H,13,16)(H,19,20). The van der Waals surface area contributed by atoms with Crippen molar-refractivity contribution in [3.05, 3.63) is 0 Å². The molecule has 9 heteroatoms. The molecule has 0 aromatic heterocycles. The minimum atomic E-state index is -1.19. The Morgan fingerprint density at radius 1 is 1.24 bits per heavy atom. The smallest absolute Gasteiger partial charge is 0.334 e. The summed E-state index contributed by atoms with van der Waals surface area (Å²) in [6, 6.07) is -1.99. The molecule has 5 amide bonds. The molecular formula is C12H17N3O6. The van der Waals surface area contributed by atoms with Crippen molar-refractivity contribution in [1.29, 1.82) is 0 Å². The molecule has 1 rings (SSSR count). The molecule has 116 valence electrons. The lowest BCUT2D eigenvalue weighted by Crippen LogP contribution is -2.47. The van der Waals surface area contributed by atoms with Gasteiger partial charge in [0.15, 0.2) is 0 Å². The molecule has 0 saturated carbocycles. The Kier molecular flexibility index (Phi) is 5.39. The summed E-state index contributed by atoms with van der Waals surface area (Å²) in [5.74, 6) is -4.11. The van der Waals surface area contributed by atoms with Gasteiger partial charge in [-0.3, -0.25) is 19.3 Å². The third kappa shape index (κ3) is 3.77. The van der Waals surface area contributed by atoms with E-state index in [1.54, 1.807) is 0 Å². The average Bonchev–Trinajstić information content (AvgIpc) is 2.61. The summed E-state index contributed by atoms with van der Waals surface area (Å²) in [5, 5.41) is 11.2. The molecule has 1 aliphatic heterocycles. The number of hydrogen-bond acceptors (Lipinski definition) is 5. The lowest BCUT2D eigenvalue weighted by Gasteiger charge is -2.16. The number of nitrogens with zero attached hydrogens (tertiary/aromatic N) is 2. The molecule has 0 aliphatic carbocycles. The number of carbonyl (C=O) groups is 5. The molecular weight excluding hydrogens is 282 g/mol. The van der Waals surface area contributed by atoms with Gasteiger partial charge in [0, 0.05) is 7.05 Å². The molecule has 1 heterocycles. The molecule has 0 aromatic rings. The van der Waals surface area contributed by atoms with Crippen molar-refractivity contribution in [3.8, 4) is 0 Å². The first-order valence-corrected chi connectivity index (χ1v) is 6.45. The van der Waals surface area contributed by atoms with E-state index in [1.807, 2.05) is 6.92 Å². The second-order valence-corrected chi connectivity index (χ2v) is 4.64. The van der Waals surface area contributed by atoms with Gasteiger partial charge < -0.3 is 10.4 Å². The summed E-state index contributed by atoms with van der Waals surface area (Å²) in [7, 11) is 1.13. The van der Waals surface area contributed by atoms with Crippen molar-refractivity contribution in [3.63, 3.8) is 0 Å². The molecule has 1 unspecified atom stereocenters. The Bertz CT molecular complexity index is 489. The lowest BCUT2D eigenvalue weighted by atomic mass is 10.1. The molecule has 21 heavy (non-hydrogen) atoms. The fourth-order valence-electron chi connectivity index (χ4n) is 1.80.